The van der Waals surface area contributed by atoms with Crippen molar-refractivity contribution in [3.63, 3.8) is 0 Å². The minimum absolute atomic E-state index is 0.252. The number of benzene rings is 4. The van der Waals surface area contributed by atoms with Crippen LogP contribution in [0.25, 0.3) is 22.4 Å². The van der Waals surface area contributed by atoms with Gasteiger partial charge < -0.3 is 29.4 Å². The molecule has 9 rings (SSSR count). The zero-order valence-corrected chi connectivity index (χ0v) is 47.7. The molecule has 0 spiro atoms. The molecule has 382 valence electrons. The predicted octanol–water partition coefficient (Wildman–Crippen LogP) is 11.7. The Labute approximate surface area is 459 Å². The van der Waals surface area contributed by atoms with Gasteiger partial charge in [-0.3, -0.25) is 9.59 Å². The second kappa shape index (κ2) is 22.7. The van der Waals surface area contributed by atoms with E-state index in [1.807, 2.05) is 118 Å². The summed E-state index contributed by atoms with van der Waals surface area (Å²) in [6.45, 7) is 18.9. The molecule has 8 aromatic rings. The van der Waals surface area contributed by atoms with Gasteiger partial charge in [-0.15, -0.1) is 0 Å². The number of carbonyl (C=O) groups is 4. The summed E-state index contributed by atoms with van der Waals surface area (Å²) in [4.78, 5) is 58.1. The summed E-state index contributed by atoms with van der Waals surface area (Å²) in [6.07, 6.45) is 6.81. The van der Waals surface area contributed by atoms with Gasteiger partial charge in [0.05, 0.1) is 31.3 Å². The quantitative estimate of drug-likeness (QED) is 0.0833. The number of rotatable bonds is 8. The van der Waals surface area contributed by atoms with Gasteiger partial charge in [0, 0.05) is 44.0 Å². The van der Waals surface area contributed by atoms with Gasteiger partial charge in [-0.1, -0.05) is 24.3 Å². The zero-order valence-electron chi connectivity index (χ0n) is 42.4. The first kappa shape index (κ1) is 55.4. The smallest absolute Gasteiger partial charge is 0.456 e. The van der Waals surface area contributed by atoms with Gasteiger partial charge in [0.25, 0.3) is 11.8 Å². The van der Waals surface area contributed by atoms with Crippen LogP contribution in [0.3, 0.4) is 0 Å². The lowest BCUT2D eigenvalue weighted by Gasteiger charge is -2.32. The number of carbonyl (C=O) groups excluding carboxylic acids is 4. The molecule has 0 unspecified atom stereocenters. The number of nitrogens with zero attached hydrogens (tertiary/aromatic N) is 6. The third-order valence-electron chi connectivity index (χ3n) is 11.3. The van der Waals surface area contributed by atoms with Crippen molar-refractivity contribution in [3.05, 3.63) is 169 Å². The van der Waals surface area contributed by atoms with Gasteiger partial charge in [0.15, 0.2) is 11.3 Å². The van der Waals surface area contributed by atoms with E-state index in [1.165, 1.54) is 12.7 Å². The Morgan fingerprint density at radius 1 is 0.581 bits per heavy atom. The molecule has 1 aliphatic rings. The fourth-order valence-corrected chi connectivity index (χ4v) is 9.07. The second-order valence-corrected chi connectivity index (χ2v) is 23.0. The van der Waals surface area contributed by atoms with Crippen molar-refractivity contribution < 1.29 is 38.0 Å². The molecular weight excluding hydrogens is 1190 g/mol. The second-order valence-electron chi connectivity index (χ2n) is 20.0. The number of amides is 2. The largest absolute Gasteiger partial charge is 0.494 e. The number of nitrogens with one attached hydrogen (secondary N) is 2. The molecule has 0 saturated carbocycles. The lowest BCUT2D eigenvalue weighted by Crippen LogP contribution is -2.41. The highest BCUT2D eigenvalue weighted by molar-refractivity contribution is 14.1. The standard InChI is InChI=1S/C24H30BNO5.C24H21BrN4O3.C6H3BrIN3/c1-22(2,3)29-21(28)16-11-13-19(14-12-16)26-20(27)17-9-8-10-18(15-17)25-30-23(4,5)24(6,7)31-25;1-24(2,3)32-23(31)15-7-9-19(10-8-15)28-22(30)17-6-4-5-16(11-17)18-12-20(25)21-26-14-27-29(21)13-18;7-5-1-4(8)2-11-6(5)9-3-10-11/h8-15H,1-7H3,(H,26,27);4-14H,1-3H3,(H,28,30);1-3H. The molecule has 0 radical (unpaired) electrons. The lowest BCUT2D eigenvalue weighted by atomic mass is 9.78. The molecule has 1 fully saturated rings. The Morgan fingerprint density at radius 2 is 1.03 bits per heavy atom. The van der Waals surface area contributed by atoms with Crippen LogP contribution in [0.1, 0.15) is 111 Å². The van der Waals surface area contributed by atoms with Gasteiger partial charge in [-0.2, -0.15) is 10.2 Å². The lowest BCUT2D eigenvalue weighted by molar-refractivity contribution is 0.00570. The predicted molar refractivity (Wildman–Crippen MR) is 301 cm³/mol. The fourth-order valence-electron chi connectivity index (χ4n) is 7.00. The Hall–Kier alpha value is -6.33. The van der Waals surface area contributed by atoms with E-state index in [0.717, 1.165) is 40.4 Å². The van der Waals surface area contributed by atoms with Crippen molar-refractivity contribution in [1.29, 1.82) is 0 Å². The normalized spacial score (nSPS) is 13.8. The van der Waals surface area contributed by atoms with E-state index in [4.69, 9.17) is 18.8 Å². The Kier molecular flexibility index (Phi) is 17.0. The molecule has 0 atom stereocenters. The highest BCUT2D eigenvalue weighted by Crippen LogP contribution is 2.36. The summed E-state index contributed by atoms with van der Waals surface area (Å²) in [7, 11) is -0.536. The van der Waals surface area contributed by atoms with E-state index in [9.17, 15) is 19.2 Å². The summed E-state index contributed by atoms with van der Waals surface area (Å²) in [5.74, 6) is -1.32. The molecule has 4 aromatic heterocycles. The van der Waals surface area contributed by atoms with Gasteiger partial charge in [0.2, 0.25) is 0 Å². The van der Waals surface area contributed by atoms with Gasteiger partial charge in [-0.25, -0.2) is 28.6 Å². The number of fused-ring (bicyclic) bond motifs is 2. The highest BCUT2D eigenvalue weighted by Gasteiger charge is 2.51. The molecule has 1 saturated heterocycles. The van der Waals surface area contributed by atoms with Crippen LogP contribution >= 0.6 is 54.5 Å². The molecule has 0 bridgehead atoms. The number of pyridine rings is 2. The number of anilines is 2. The van der Waals surface area contributed by atoms with E-state index < -0.39 is 41.5 Å². The summed E-state index contributed by atoms with van der Waals surface area (Å²) < 4.78 is 29.2. The zero-order chi connectivity index (χ0) is 53.8. The summed E-state index contributed by atoms with van der Waals surface area (Å²) in [5.41, 5.74) is 5.10. The maximum atomic E-state index is 12.8. The maximum Gasteiger partial charge on any atom is 0.494 e. The third kappa shape index (κ3) is 14.3. The molecular formula is C54H54BBr2IN8O8. The van der Waals surface area contributed by atoms with Crippen LogP contribution in [0.2, 0.25) is 0 Å². The monoisotopic (exact) mass is 1240 g/mol. The highest BCUT2D eigenvalue weighted by atomic mass is 127. The van der Waals surface area contributed by atoms with E-state index in [1.54, 1.807) is 81.8 Å². The van der Waals surface area contributed by atoms with E-state index in [2.05, 4.69) is 85.2 Å². The number of halogens is 3. The van der Waals surface area contributed by atoms with Crippen LogP contribution in [0.15, 0.2) is 143 Å². The Balaban J connectivity index is 0.000000179. The van der Waals surface area contributed by atoms with Gasteiger partial charge in [0.1, 0.15) is 23.9 Å². The van der Waals surface area contributed by atoms with Crippen LogP contribution in [0, 0.1) is 3.57 Å². The number of esters is 2. The van der Waals surface area contributed by atoms with Crippen LogP contribution in [0.5, 0.6) is 0 Å². The molecule has 0 aliphatic carbocycles. The van der Waals surface area contributed by atoms with Crippen molar-refractivity contribution in [2.45, 2.75) is 91.6 Å². The first-order chi connectivity index (χ1) is 34.7. The van der Waals surface area contributed by atoms with Crippen molar-refractivity contribution in [2.24, 2.45) is 0 Å². The van der Waals surface area contributed by atoms with Crippen LogP contribution in [-0.2, 0) is 18.8 Å². The van der Waals surface area contributed by atoms with Crippen molar-refractivity contribution in [2.75, 3.05) is 10.6 Å². The minimum Gasteiger partial charge on any atom is -0.456 e. The summed E-state index contributed by atoms with van der Waals surface area (Å²) in [5, 5.41) is 13.9. The molecule has 20 heteroatoms. The van der Waals surface area contributed by atoms with Crippen LogP contribution in [0.4, 0.5) is 11.4 Å². The van der Waals surface area contributed by atoms with E-state index in [-0.39, 0.29) is 11.8 Å². The van der Waals surface area contributed by atoms with Gasteiger partial charge >= 0.3 is 19.1 Å². The summed E-state index contributed by atoms with van der Waals surface area (Å²) in [6, 6.07) is 31.7. The fraction of sp³-hybridized carbons (Fsp3) is 0.259. The molecule has 2 N–H and O–H groups in total. The molecule has 2 amide bonds. The van der Waals surface area contributed by atoms with Crippen LogP contribution in [-0.4, -0.2) is 82.5 Å². The van der Waals surface area contributed by atoms with Crippen molar-refractivity contribution >= 4 is 113 Å². The average Bonchev–Trinajstić information content (AvgIpc) is 4.07. The van der Waals surface area contributed by atoms with E-state index >= 15 is 0 Å². The number of aromatic nitrogens is 6. The maximum absolute atomic E-state index is 12.8. The Morgan fingerprint density at radius 3 is 1.51 bits per heavy atom. The molecule has 16 nitrogen and oxygen atoms in total. The van der Waals surface area contributed by atoms with E-state index in [0.29, 0.717) is 33.6 Å². The third-order valence-corrected chi connectivity index (χ3v) is 13.1. The average molecular weight is 1240 g/mol. The van der Waals surface area contributed by atoms with Crippen LogP contribution < -0.4 is 16.1 Å². The SMILES string of the molecule is Brc1cc(I)cn2ncnc12.CC(C)(C)OC(=O)c1ccc(NC(=O)c2cccc(-c3cc(Br)c4ncnn4c3)c2)cc1.CC(C)(C)OC(=O)c1ccc(NC(=O)c2cccc(B3OC(C)(C)C(C)(C)O3)c2)cc1. The number of hydrogen-bond donors (Lipinski definition) is 2. The molecule has 4 aromatic carbocycles. The minimum atomic E-state index is -0.566. The molecule has 1 aliphatic heterocycles. The van der Waals surface area contributed by atoms with Crippen molar-refractivity contribution in [1.82, 2.24) is 29.2 Å². The number of hydrogen-bond acceptors (Lipinski definition) is 12. The first-order valence-corrected chi connectivity index (χ1v) is 25.9. The molecule has 74 heavy (non-hydrogen) atoms. The first-order valence-electron chi connectivity index (χ1n) is 23.2. The summed E-state index contributed by atoms with van der Waals surface area (Å²) >= 11 is 9.14. The topological polar surface area (TPSA) is 190 Å². The number of ether oxygens (including phenoxy) is 2. The van der Waals surface area contributed by atoms with Gasteiger partial charge in [-0.05, 0) is 220 Å². The molecule has 5 heterocycles. The van der Waals surface area contributed by atoms with Crippen molar-refractivity contribution in [3.8, 4) is 11.1 Å². The Bertz CT molecular complexity index is 3340.